The highest BCUT2D eigenvalue weighted by molar-refractivity contribution is 7.99. The number of carbonyl (C=O) groups is 1. The lowest BCUT2D eigenvalue weighted by Crippen LogP contribution is -1.84. The van der Waals surface area contributed by atoms with Gasteiger partial charge in [-0.1, -0.05) is 0 Å². The van der Waals surface area contributed by atoms with Crippen molar-refractivity contribution in [2.45, 2.75) is 11.3 Å². The predicted molar refractivity (Wildman–Crippen MR) is 47.8 cm³/mol. The first-order valence-electron chi connectivity index (χ1n) is 3.75. The van der Waals surface area contributed by atoms with Crippen LogP contribution < -0.4 is 0 Å². The van der Waals surface area contributed by atoms with Gasteiger partial charge in [-0.2, -0.15) is 0 Å². The molecule has 0 aliphatic heterocycles. The molecule has 0 fully saturated rings. The van der Waals surface area contributed by atoms with Crippen molar-refractivity contribution < 1.29 is 13.6 Å². The van der Waals surface area contributed by atoms with Crippen molar-refractivity contribution >= 4 is 18.0 Å². The number of carbonyl (C=O) groups excluding carboxylic acids is 1. The molecule has 0 aliphatic rings. The Balaban J connectivity index is 2.60. The van der Waals surface area contributed by atoms with Gasteiger partial charge in [0.2, 0.25) is 0 Å². The number of hydrogen-bond acceptors (Lipinski definition) is 2. The molecule has 0 atom stereocenters. The first-order valence-corrected chi connectivity index (χ1v) is 4.73. The molecular formula is C9H8F2OS. The van der Waals surface area contributed by atoms with Crippen LogP contribution in [-0.2, 0) is 4.79 Å². The fraction of sp³-hybridized carbons (Fsp3) is 0.222. The van der Waals surface area contributed by atoms with Crippen molar-refractivity contribution in [2.24, 2.45) is 0 Å². The van der Waals surface area contributed by atoms with Crippen LogP contribution in [0.15, 0.2) is 23.1 Å². The lowest BCUT2D eigenvalue weighted by molar-refractivity contribution is -0.107. The molecule has 1 rings (SSSR count). The van der Waals surface area contributed by atoms with Crippen molar-refractivity contribution in [2.75, 3.05) is 5.75 Å². The van der Waals surface area contributed by atoms with E-state index < -0.39 is 11.6 Å². The van der Waals surface area contributed by atoms with Crippen LogP contribution in [0.3, 0.4) is 0 Å². The van der Waals surface area contributed by atoms with Crippen LogP contribution >= 0.6 is 11.8 Å². The Morgan fingerprint density at radius 3 is 2.38 bits per heavy atom. The van der Waals surface area contributed by atoms with Crippen LogP contribution in [0.5, 0.6) is 0 Å². The van der Waals surface area contributed by atoms with E-state index in [2.05, 4.69) is 0 Å². The summed E-state index contributed by atoms with van der Waals surface area (Å²) in [4.78, 5) is 10.5. The fourth-order valence-electron chi connectivity index (χ4n) is 0.837. The molecule has 0 aliphatic carbocycles. The summed E-state index contributed by atoms with van der Waals surface area (Å²) >= 11 is 1.26. The highest BCUT2D eigenvalue weighted by atomic mass is 32.2. The highest BCUT2D eigenvalue weighted by Gasteiger charge is 2.00. The number of benzene rings is 1. The lowest BCUT2D eigenvalue weighted by atomic mass is 10.3. The molecule has 1 aromatic rings. The molecule has 0 amide bonds. The summed E-state index contributed by atoms with van der Waals surface area (Å²) in [7, 11) is 0. The van der Waals surface area contributed by atoms with Crippen molar-refractivity contribution in [3.8, 4) is 0 Å². The molecular weight excluding hydrogens is 194 g/mol. The van der Waals surface area contributed by atoms with E-state index in [-0.39, 0.29) is 0 Å². The average Bonchev–Trinajstić information content (AvgIpc) is 2.03. The highest BCUT2D eigenvalue weighted by Crippen LogP contribution is 2.20. The van der Waals surface area contributed by atoms with Gasteiger partial charge in [-0.25, -0.2) is 8.78 Å². The third kappa shape index (κ3) is 3.55. The Morgan fingerprint density at radius 2 is 1.85 bits per heavy atom. The molecule has 0 spiro atoms. The van der Waals surface area contributed by atoms with E-state index in [1.807, 2.05) is 0 Å². The molecule has 0 saturated carbocycles. The summed E-state index contributed by atoms with van der Waals surface area (Å²) in [6, 6.07) is 3.32. The van der Waals surface area contributed by atoms with E-state index in [1.54, 1.807) is 0 Å². The number of halogens is 2. The third-order valence-corrected chi connectivity index (χ3v) is 2.35. The zero-order chi connectivity index (χ0) is 9.68. The maximum absolute atomic E-state index is 12.6. The number of aldehydes is 1. The minimum Gasteiger partial charge on any atom is -0.303 e. The summed E-state index contributed by atoms with van der Waals surface area (Å²) in [5.41, 5.74) is 0. The summed E-state index contributed by atoms with van der Waals surface area (Å²) < 4.78 is 25.2. The summed E-state index contributed by atoms with van der Waals surface area (Å²) in [5.74, 6) is -0.631. The fourth-order valence-corrected chi connectivity index (χ4v) is 1.68. The van der Waals surface area contributed by atoms with Gasteiger partial charge >= 0.3 is 0 Å². The molecule has 1 aromatic carbocycles. The molecule has 0 heterocycles. The van der Waals surface area contributed by atoms with Crippen LogP contribution in [-0.4, -0.2) is 12.0 Å². The van der Waals surface area contributed by atoms with Gasteiger partial charge in [-0.05, 0) is 12.1 Å². The zero-order valence-corrected chi connectivity index (χ0v) is 7.61. The molecule has 0 radical (unpaired) electrons. The van der Waals surface area contributed by atoms with E-state index in [9.17, 15) is 13.6 Å². The molecule has 0 bridgehead atoms. The number of hydrogen-bond donors (Lipinski definition) is 0. The van der Waals surface area contributed by atoms with E-state index >= 15 is 0 Å². The topological polar surface area (TPSA) is 17.1 Å². The monoisotopic (exact) mass is 202 g/mol. The molecule has 0 saturated heterocycles. The van der Waals surface area contributed by atoms with Crippen molar-refractivity contribution in [3.05, 3.63) is 29.8 Å². The molecule has 70 valence electrons. The van der Waals surface area contributed by atoms with E-state index in [0.717, 1.165) is 12.4 Å². The molecule has 0 N–H and O–H groups in total. The van der Waals surface area contributed by atoms with Gasteiger partial charge < -0.3 is 4.79 Å². The van der Waals surface area contributed by atoms with Gasteiger partial charge in [0.05, 0.1) is 0 Å². The van der Waals surface area contributed by atoms with E-state index in [4.69, 9.17) is 0 Å². The SMILES string of the molecule is O=CCCSc1cc(F)cc(F)c1. The van der Waals surface area contributed by atoms with Crippen LogP contribution in [0.2, 0.25) is 0 Å². The normalized spacial score (nSPS) is 10.0. The molecule has 0 unspecified atom stereocenters. The van der Waals surface area contributed by atoms with E-state index in [1.165, 1.54) is 23.9 Å². The minimum atomic E-state index is -0.589. The minimum absolute atomic E-state index is 0.392. The number of rotatable bonds is 4. The Hall–Kier alpha value is -0.900. The van der Waals surface area contributed by atoms with Crippen LogP contribution in [0.4, 0.5) is 8.78 Å². The standard InChI is InChI=1S/C9H8F2OS/c10-7-4-8(11)6-9(5-7)13-3-1-2-12/h2,4-6H,1,3H2. The second-order valence-electron chi connectivity index (χ2n) is 2.41. The van der Waals surface area contributed by atoms with Gasteiger partial charge in [0, 0.05) is 23.1 Å². The van der Waals surface area contributed by atoms with Gasteiger partial charge in [0.1, 0.15) is 17.9 Å². The third-order valence-electron chi connectivity index (χ3n) is 1.34. The van der Waals surface area contributed by atoms with Crippen LogP contribution in [0, 0.1) is 11.6 Å². The van der Waals surface area contributed by atoms with Crippen LogP contribution in [0.25, 0.3) is 0 Å². The largest absolute Gasteiger partial charge is 0.303 e. The van der Waals surface area contributed by atoms with Gasteiger partial charge in [-0.15, -0.1) is 11.8 Å². The number of thioether (sulfide) groups is 1. The smallest absolute Gasteiger partial charge is 0.127 e. The molecule has 4 heteroatoms. The lowest BCUT2D eigenvalue weighted by Gasteiger charge is -1.99. The van der Waals surface area contributed by atoms with Crippen molar-refractivity contribution in [1.82, 2.24) is 0 Å². The second kappa shape index (κ2) is 4.97. The zero-order valence-electron chi connectivity index (χ0n) is 6.80. The first-order chi connectivity index (χ1) is 6.22. The van der Waals surface area contributed by atoms with Gasteiger partial charge in [0.25, 0.3) is 0 Å². The quantitative estimate of drug-likeness (QED) is 0.424. The van der Waals surface area contributed by atoms with E-state index in [0.29, 0.717) is 17.1 Å². The second-order valence-corrected chi connectivity index (χ2v) is 3.58. The van der Waals surface area contributed by atoms with Crippen molar-refractivity contribution in [1.29, 1.82) is 0 Å². The van der Waals surface area contributed by atoms with Gasteiger partial charge in [-0.3, -0.25) is 0 Å². The molecule has 1 nitrogen and oxygen atoms in total. The Kier molecular flexibility index (Phi) is 3.89. The summed E-state index contributed by atoms with van der Waals surface area (Å²) in [5, 5.41) is 0. The summed E-state index contributed by atoms with van der Waals surface area (Å²) in [6.07, 6.45) is 1.17. The molecule has 13 heavy (non-hydrogen) atoms. The molecule has 0 aromatic heterocycles. The summed E-state index contributed by atoms with van der Waals surface area (Å²) in [6.45, 7) is 0. The van der Waals surface area contributed by atoms with Gasteiger partial charge in [0.15, 0.2) is 0 Å². The van der Waals surface area contributed by atoms with Crippen LogP contribution in [0.1, 0.15) is 6.42 Å². The average molecular weight is 202 g/mol. The maximum atomic E-state index is 12.6. The maximum Gasteiger partial charge on any atom is 0.127 e. The first kappa shape index (κ1) is 10.2. The Labute approximate surface area is 79.1 Å². The Bertz CT molecular complexity index is 281. The van der Waals surface area contributed by atoms with Crippen molar-refractivity contribution in [3.63, 3.8) is 0 Å². The predicted octanol–water partition coefficient (Wildman–Crippen LogP) is 2.65. The Morgan fingerprint density at radius 1 is 1.23 bits per heavy atom.